The Kier molecular flexibility index (Phi) is 5.15. The molecule has 24 heavy (non-hydrogen) atoms. The van der Waals surface area contributed by atoms with Gasteiger partial charge in [0.25, 0.3) is 0 Å². The van der Waals surface area contributed by atoms with Gasteiger partial charge in [-0.1, -0.05) is 6.08 Å². The molecule has 0 radical (unpaired) electrons. The lowest BCUT2D eigenvalue weighted by molar-refractivity contribution is -0.118. The van der Waals surface area contributed by atoms with Crippen molar-refractivity contribution in [2.75, 3.05) is 6.54 Å². The van der Waals surface area contributed by atoms with Crippen molar-refractivity contribution in [3.8, 4) is 0 Å². The Morgan fingerprint density at radius 2 is 1.92 bits per heavy atom. The van der Waals surface area contributed by atoms with Crippen LogP contribution in [-0.2, 0) is 14.1 Å². The van der Waals surface area contributed by atoms with E-state index in [0.29, 0.717) is 0 Å². The highest BCUT2D eigenvalue weighted by Crippen LogP contribution is 2.38. The van der Waals surface area contributed by atoms with E-state index in [4.69, 9.17) is 9.31 Å². The molecule has 5 nitrogen and oxygen atoms in total. The van der Waals surface area contributed by atoms with Crippen LogP contribution in [0, 0.1) is 12.9 Å². The zero-order valence-corrected chi connectivity index (χ0v) is 15.1. The van der Waals surface area contributed by atoms with Crippen LogP contribution in [0.3, 0.4) is 0 Å². The Morgan fingerprint density at radius 3 is 2.42 bits per heavy atom. The molecule has 1 N–H and O–H groups in total. The van der Waals surface area contributed by atoms with Crippen molar-refractivity contribution in [3.63, 3.8) is 0 Å². The van der Waals surface area contributed by atoms with E-state index in [1.54, 1.807) is 6.92 Å². The van der Waals surface area contributed by atoms with Crippen LogP contribution in [0.15, 0.2) is 17.7 Å². The second kappa shape index (κ2) is 6.65. The Hall–Kier alpha value is -1.73. The average Bonchev–Trinajstić information content (AvgIpc) is 2.65. The highest BCUT2D eigenvalue weighted by molar-refractivity contribution is 6.56. The minimum absolute atomic E-state index is 0.147. The van der Waals surface area contributed by atoms with Gasteiger partial charge in [0.1, 0.15) is 0 Å². The van der Waals surface area contributed by atoms with Crippen molar-refractivity contribution in [2.45, 2.75) is 52.7 Å². The summed E-state index contributed by atoms with van der Waals surface area (Å²) in [6, 6.07) is 1.37. The predicted octanol–water partition coefficient (Wildman–Crippen LogP) is 2.68. The van der Waals surface area contributed by atoms with E-state index < -0.39 is 24.3 Å². The fourth-order valence-corrected chi connectivity index (χ4v) is 2.31. The minimum atomic E-state index is -0.591. The standard InChI is InChI=1S/C17H24BFN2O3/c1-11-7-15(19)21-9-13(11)8-14(10-20-12(2)22)18-23-16(3,4)17(5,6)24-18/h7-9H,10H2,1-6H3,(H,20,22). The third kappa shape index (κ3) is 4.02. The highest BCUT2D eigenvalue weighted by atomic mass is 19.1. The molecule has 1 aromatic rings. The lowest BCUT2D eigenvalue weighted by Crippen LogP contribution is -2.41. The van der Waals surface area contributed by atoms with Crippen LogP contribution in [0.5, 0.6) is 0 Å². The van der Waals surface area contributed by atoms with E-state index >= 15 is 0 Å². The predicted molar refractivity (Wildman–Crippen MR) is 91.7 cm³/mol. The molecule has 1 aliphatic rings. The summed E-state index contributed by atoms with van der Waals surface area (Å²) in [4.78, 5) is 15.0. The Bertz CT molecular complexity index is 658. The molecule has 0 unspecified atom stereocenters. The molecule has 0 atom stereocenters. The van der Waals surface area contributed by atoms with Gasteiger partial charge in [0.15, 0.2) is 0 Å². The lowest BCUT2D eigenvalue weighted by Gasteiger charge is -2.32. The van der Waals surface area contributed by atoms with E-state index in [0.717, 1.165) is 16.6 Å². The van der Waals surface area contributed by atoms with Gasteiger partial charge in [-0.2, -0.15) is 4.39 Å². The summed E-state index contributed by atoms with van der Waals surface area (Å²) in [5.74, 6) is -0.671. The molecule has 1 saturated heterocycles. The van der Waals surface area contributed by atoms with E-state index in [1.807, 2.05) is 33.8 Å². The van der Waals surface area contributed by atoms with Gasteiger partial charge in [-0.05, 0) is 57.3 Å². The molecule has 0 aliphatic carbocycles. The maximum Gasteiger partial charge on any atom is 0.492 e. The molecule has 0 bridgehead atoms. The zero-order chi connectivity index (χ0) is 18.1. The SMILES string of the molecule is CC(=O)NCC(=Cc1cnc(F)cc1C)B1OC(C)(C)C(C)(C)O1. The van der Waals surface area contributed by atoms with Crippen molar-refractivity contribution >= 4 is 19.1 Å². The molecule has 0 saturated carbocycles. The molecule has 2 heterocycles. The molecule has 0 spiro atoms. The molecule has 7 heteroatoms. The number of aromatic nitrogens is 1. The summed E-state index contributed by atoms with van der Waals surface area (Å²) >= 11 is 0. The molecule has 130 valence electrons. The summed E-state index contributed by atoms with van der Waals surface area (Å²) in [7, 11) is -0.591. The quantitative estimate of drug-likeness (QED) is 0.679. The number of halogens is 1. The van der Waals surface area contributed by atoms with Crippen LogP contribution in [0.4, 0.5) is 4.39 Å². The largest absolute Gasteiger partial charge is 0.492 e. The number of nitrogens with zero attached hydrogens (tertiary/aromatic N) is 1. The van der Waals surface area contributed by atoms with Crippen LogP contribution in [0.2, 0.25) is 0 Å². The molecule has 0 aromatic carbocycles. The lowest BCUT2D eigenvalue weighted by atomic mass is 9.76. The number of rotatable bonds is 4. The van der Waals surface area contributed by atoms with E-state index in [-0.39, 0.29) is 12.5 Å². The number of carbonyl (C=O) groups is 1. The summed E-state index contributed by atoms with van der Waals surface area (Å²) in [5.41, 5.74) is 1.29. The molecular weight excluding hydrogens is 310 g/mol. The minimum Gasteiger partial charge on any atom is -0.400 e. The Balaban J connectivity index is 2.35. The summed E-state index contributed by atoms with van der Waals surface area (Å²) in [6.07, 6.45) is 3.30. The van der Waals surface area contributed by atoms with Gasteiger partial charge in [-0.25, -0.2) is 4.98 Å². The number of hydrogen-bond acceptors (Lipinski definition) is 4. The van der Waals surface area contributed by atoms with Crippen LogP contribution < -0.4 is 5.32 Å². The first-order valence-corrected chi connectivity index (χ1v) is 7.94. The summed E-state index contributed by atoms with van der Waals surface area (Å²) < 4.78 is 25.3. The fraction of sp³-hybridized carbons (Fsp3) is 0.529. The smallest absolute Gasteiger partial charge is 0.400 e. The van der Waals surface area contributed by atoms with Crippen LogP contribution in [0.1, 0.15) is 45.7 Å². The number of amides is 1. The van der Waals surface area contributed by atoms with Crippen LogP contribution >= 0.6 is 0 Å². The van der Waals surface area contributed by atoms with E-state index in [1.165, 1.54) is 19.2 Å². The van der Waals surface area contributed by atoms with Crippen molar-refractivity contribution < 1.29 is 18.5 Å². The number of nitrogens with one attached hydrogen (secondary N) is 1. The van der Waals surface area contributed by atoms with Crippen molar-refractivity contribution in [3.05, 3.63) is 34.8 Å². The molecule has 1 aliphatic heterocycles. The molecule has 2 rings (SSSR count). The first-order chi connectivity index (χ1) is 11.0. The number of pyridine rings is 1. The summed E-state index contributed by atoms with van der Waals surface area (Å²) in [5, 5.41) is 2.77. The van der Waals surface area contributed by atoms with Crippen LogP contribution in [-0.4, -0.2) is 35.8 Å². The molecule has 1 aromatic heterocycles. The highest BCUT2D eigenvalue weighted by Gasteiger charge is 2.52. The third-order valence-electron chi connectivity index (χ3n) is 4.56. The topological polar surface area (TPSA) is 60.5 Å². The van der Waals surface area contributed by atoms with Crippen LogP contribution in [0.25, 0.3) is 6.08 Å². The molecular formula is C17H24BFN2O3. The van der Waals surface area contributed by atoms with Crippen molar-refractivity contribution in [2.24, 2.45) is 0 Å². The van der Waals surface area contributed by atoms with Gasteiger partial charge >= 0.3 is 7.12 Å². The average molecular weight is 334 g/mol. The molecule has 1 amide bonds. The van der Waals surface area contributed by atoms with Gasteiger partial charge in [0.05, 0.1) is 11.2 Å². The maximum absolute atomic E-state index is 13.2. The number of carbonyl (C=O) groups excluding carboxylic acids is 1. The van der Waals surface area contributed by atoms with Gasteiger partial charge in [0.2, 0.25) is 11.9 Å². The van der Waals surface area contributed by atoms with Gasteiger partial charge < -0.3 is 14.6 Å². The van der Waals surface area contributed by atoms with Gasteiger partial charge in [0, 0.05) is 19.7 Å². The fourth-order valence-electron chi connectivity index (χ4n) is 2.31. The number of aryl methyl sites for hydroxylation is 1. The zero-order valence-electron chi connectivity index (χ0n) is 15.1. The molecule has 1 fully saturated rings. The van der Waals surface area contributed by atoms with E-state index in [2.05, 4.69) is 10.3 Å². The number of hydrogen-bond donors (Lipinski definition) is 1. The monoisotopic (exact) mass is 334 g/mol. The Labute approximate surface area is 142 Å². The second-order valence-electron chi connectivity index (χ2n) is 7.08. The normalized spacial score (nSPS) is 19.5. The Morgan fingerprint density at radius 1 is 1.33 bits per heavy atom. The second-order valence-corrected chi connectivity index (χ2v) is 7.08. The van der Waals surface area contributed by atoms with Crippen molar-refractivity contribution in [1.82, 2.24) is 10.3 Å². The summed E-state index contributed by atoms with van der Waals surface area (Å²) in [6.45, 7) is 11.4. The third-order valence-corrected chi connectivity index (χ3v) is 4.56. The first kappa shape index (κ1) is 18.6. The first-order valence-electron chi connectivity index (χ1n) is 7.94. The van der Waals surface area contributed by atoms with Gasteiger partial charge in [-0.15, -0.1) is 0 Å². The van der Waals surface area contributed by atoms with Crippen molar-refractivity contribution in [1.29, 1.82) is 0 Å². The van der Waals surface area contributed by atoms with Gasteiger partial charge in [-0.3, -0.25) is 4.79 Å². The maximum atomic E-state index is 13.2. The van der Waals surface area contributed by atoms with E-state index in [9.17, 15) is 9.18 Å².